The first-order valence-corrected chi connectivity index (χ1v) is 11.7. The Balaban J connectivity index is 0.000000271. The molecule has 0 atom stereocenters. The summed E-state index contributed by atoms with van der Waals surface area (Å²) in [5.41, 5.74) is 1.42. The molecule has 1 aliphatic heterocycles. The number of aromatic amines is 1. The van der Waals surface area contributed by atoms with E-state index in [0.717, 1.165) is 36.9 Å². The van der Waals surface area contributed by atoms with Gasteiger partial charge in [0.2, 0.25) is 5.91 Å². The first kappa shape index (κ1) is 24.7. The lowest BCUT2D eigenvalue weighted by molar-refractivity contribution is -0.274. The third kappa shape index (κ3) is 5.81. The van der Waals surface area contributed by atoms with E-state index in [1.165, 1.54) is 12.5 Å². The highest BCUT2D eigenvalue weighted by Crippen LogP contribution is 2.36. The normalized spacial score (nSPS) is 19.1. The molecule has 2 fully saturated rings. The second kappa shape index (κ2) is 9.68. The van der Waals surface area contributed by atoms with Gasteiger partial charge in [0.05, 0.1) is 11.6 Å². The van der Waals surface area contributed by atoms with Crippen LogP contribution in [0.1, 0.15) is 56.2 Å². The number of H-pyrrole nitrogens is 1. The number of nitrogens with one attached hydrogen (secondary N) is 2. The monoisotopic (exact) mass is 492 g/mol. The molecule has 0 bridgehead atoms. The number of carbonyl (C=O) groups excluding carboxylic acids is 1. The van der Waals surface area contributed by atoms with Crippen molar-refractivity contribution >= 4 is 22.9 Å². The Labute approximate surface area is 200 Å². The Bertz CT molecular complexity index is 1140. The van der Waals surface area contributed by atoms with Crippen LogP contribution in [0.3, 0.4) is 0 Å². The number of para-hydroxylation sites is 1. The number of benzene rings is 1. The summed E-state index contributed by atoms with van der Waals surface area (Å²) in [5.74, 6) is 0.0570. The molecule has 2 aliphatic carbocycles. The van der Waals surface area contributed by atoms with Gasteiger partial charge in [-0.05, 0) is 31.7 Å². The zero-order valence-electron chi connectivity index (χ0n) is 19.1. The van der Waals surface area contributed by atoms with E-state index >= 15 is 0 Å². The van der Waals surface area contributed by atoms with E-state index in [0.29, 0.717) is 43.3 Å². The minimum atomic E-state index is -4.73. The van der Waals surface area contributed by atoms with Crippen molar-refractivity contribution in [3.63, 3.8) is 0 Å². The predicted molar refractivity (Wildman–Crippen MR) is 119 cm³/mol. The number of alkyl halides is 3. The van der Waals surface area contributed by atoms with E-state index in [9.17, 15) is 22.8 Å². The van der Waals surface area contributed by atoms with Crippen LogP contribution in [0.5, 0.6) is 5.75 Å². The minimum Gasteiger partial charge on any atom is -0.465 e. The number of carboxylic acid groups (broad SMARTS) is 1. The van der Waals surface area contributed by atoms with Crippen molar-refractivity contribution in [2.24, 2.45) is 5.92 Å². The van der Waals surface area contributed by atoms with Gasteiger partial charge < -0.3 is 25.0 Å². The van der Waals surface area contributed by atoms with E-state index in [-0.39, 0.29) is 17.6 Å². The molecule has 2 saturated carbocycles. The zero-order valence-corrected chi connectivity index (χ0v) is 19.1. The lowest BCUT2D eigenvalue weighted by Crippen LogP contribution is -2.40. The van der Waals surface area contributed by atoms with Gasteiger partial charge in [0.25, 0.3) is 0 Å². The number of carbonyl (C=O) groups is 2. The molecule has 2 amide bonds. The van der Waals surface area contributed by atoms with Gasteiger partial charge in [-0.1, -0.05) is 31.4 Å². The fraction of sp³-hybridized carbons (Fsp3) is 0.542. The van der Waals surface area contributed by atoms with Gasteiger partial charge in [-0.25, -0.2) is 4.79 Å². The number of halogens is 3. The topological polar surface area (TPSA) is 118 Å². The number of amides is 2. The summed E-state index contributed by atoms with van der Waals surface area (Å²) in [7, 11) is 0. The fourth-order valence-electron chi connectivity index (χ4n) is 4.81. The van der Waals surface area contributed by atoms with E-state index in [2.05, 4.69) is 15.0 Å². The molecule has 188 valence electrons. The zero-order chi connectivity index (χ0) is 25.2. The number of ether oxygens (including phenoxy) is 1. The highest BCUT2D eigenvalue weighted by atomic mass is 19.4. The van der Waals surface area contributed by atoms with Crippen LogP contribution >= 0.6 is 0 Å². The Kier molecular flexibility index (Phi) is 6.83. The second-order valence-electron chi connectivity index (χ2n) is 9.28. The van der Waals surface area contributed by atoms with Crippen molar-refractivity contribution in [2.75, 3.05) is 6.54 Å². The molecule has 0 saturated heterocycles. The molecule has 0 unspecified atom stereocenters. The van der Waals surface area contributed by atoms with Crippen molar-refractivity contribution < 1.29 is 32.6 Å². The van der Waals surface area contributed by atoms with Crippen LogP contribution in [0.25, 0.3) is 10.9 Å². The Morgan fingerprint density at radius 2 is 1.94 bits per heavy atom. The summed E-state index contributed by atoms with van der Waals surface area (Å²) in [5, 5.41) is 19.3. The average Bonchev–Trinajstić information content (AvgIpc) is 3.49. The first-order valence-electron chi connectivity index (χ1n) is 11.7. The maximum absolute atomic E-state index is 12.8. The first-order chi connectivity index (χ1) is 16.6. The lowest BCUT2D eigenvalue weighted by atomic mass is 9.87. The fourth-order valence-corrected chi connectivity index (χ4v) is 4.81. The molecule has 35 heavy (non-hydrogen) atoms. The highest BCUT2D eigenvalue weighted by Gasteiger charge is 2.44. The van der Waals surface area contributed by atoms with Crippen LogP contribution in [0.4, 0.5) is 18.0 Å². The summed E-state index contributed by atoms with van der Waals surface area (Å²) < 4.78 is 42.1. The van der Waals surface area contributed by atoms with Crippen LogP contribution in [-0.2, 0) is 17.8 Å². The molecule has 2 aromatic rings. The number of fused-ring (bicyclic) bond motifs is 3. The van der Waals surface area contributed by atoms with Gasteiger partial charge in [-0.15, -0.1) is 13.2 Å². The maximum atomic E-state index is 12.8. The van der Waals surface area contributed by atoms with Crippen molar-refractivity contribution in [1.82, 2.24) is 15.2 Å². The molecule has 2 heterocycles. The van der Waals surface area contributed by atoms with Crippen molar-refractivity contribution in [3.05, 3.63) is 29.5 Å². The molecule has 5 rings (SSSR count). The quantitative estimate of drug-likeness (QED) is 0.567. The number of nitrogens with zero attached hydrogens (tertiary/aromatic N) is 2. The van der Waals surface area contributed by atoms with E-state index in [1.807, 2.05) is 11.0 Å². The van der Waals surface area contributed by atoms with Gasteiger partial charge in [0, 0.05) is 42.1 Å². The SMILES string of the molecule is N#CC1(NC(=O)O)CC1.O=C(C1CCCCC1)N1CCc2[nH]c3c(OC(F)(F)F)cccc3c2C1. The van der Waals surface area contributed by atoms with Gasteiger partial charge >= 0.3 is 12.5 Å². The molecular formula is C24H27F3N4O4. The standard InChI is InChI=1S/C19H21F3N2O2.C5H6N2O2/c20-19(21,22)26-16-8-4-7-13-14-11-24(10-9-15(14)23-17(13)16)18(25)12-5-2-1-3-6-12;6-3-5(1-2-5)7-4(8)9/h4,7-8,12,23H,1-3,5-6,9-11H2;7H,1-2H2,(H,8,9). The molecule has 0 radical (unpaired) electrons. The molecular weight excluding hydrogens is 465 g/mol. The smallest absolute Gasteiger partial charge is 0.465 e. The molecule has 3 aliphatic rings. The largest absolute Gasteiger partial charge is 0.573 e. The van der Waals surface area contributed by atoms with Crippen LogP contribution in [0.2, 0.25) is 0 Å². The Morgan fingerprint density at radius 3 is 2.51 bits per heavy atom. The number of hydrogen-bond acceptors (Lipinski definition) is 4. The maximum Gasteiger partial charge on any atom is 0.573 e. The van der Waals surface area contributed by atoms with Crippen LogP contribution in [-0.4, -0.2) is 45.4 Å². The van der Waals surface area contributed by atoms with Gasteiger partial charge in [0.1, 0.15) is 5.54 Å². The van der Waals surface area contributed by atoms with Crippen LogP contribution in [0, 0.1) is 17.2 Å². The molecule has 11 heteroatoms. The summed E-state index contributed by atoms with van der Waals surface area (Å²) in [6, 6.07) is 6.54. The second-order valence-corrected chi connectivity index (χ2v) is 9.28. The number of hydrogen-bond donors (Lipinski definition) is 3. The van der Waals surface area contributed by atoms with E-state index in [1.54, 1.807) is 12.1 Å². The Hall–Kier alpha value is -3.42. The molecule has 1 aromatic heterocycles. The van der Waals surface area contributed by atoms with E-state index < -0.39 is 18.0 Å². The summed E-state index contributed by atoms with van der Waals surface area (Å²) in [6.45, 7) is 1.05. The van der Waals surface area contributed by atoms with E-state index in [4.69, 9.17) is 10.4 Å². The third-order valence-corrected chi connectivity index (χ3v) is 6.77. The van der Waals surface area contributed by atoms with Crippen LogP contribution < -0.4 is 10.1 Å². The third-order valence-electron chi connectivity index (χ3n) is 6.77. The lowest BCUT2D eigenvalue weighted by Gasteiger charge is -2.32. The number of nitriles is 1. The molecule has 1 aromatic carbocycles. The van der Waals surface area contributed by atoms with Gasteiger partial charge in [-0.3, -0.25) is 4.79 Å². The van der Waals surface area contributed by atoms with Crippen molar-refractivity contribution in [2.45, 2.75) is 69.8 Å². The highest BCUT2D eigenvalue weighted by molar-refractivity contribution is 5.90. The minimum absolute atomic E-state index is 0.0969. The summed E-state index contributed by atoms with van der Waals surface area (Å²) in [4.78, 5) is 27.7. The predicted octanol–water partition coefficient (Wildman–Crippen LogP) is 4.84. The van der Waals surface area contributed by atoms with Gasteiger partial charge in [-0.2, -0.15) is 5.26 Å². The summed E-state index contributed by atoms with van der Waals surface area (Å²) in [6.07, 6.45) is 1.34. The molecule has 8 nitrogen and oxygen atoms in total. The van der Waals surface area contributed by atoms with Crippen LogP contribution in [0.15, 0.2) is 18.2 Å². The average molecular weight is 492 g/mol. The van der Waals surface area contributed by atoms with Crippen molar-refractivity contribution in [1.29, 1.82) is 5.26 Å². The van der Waals surface area contributed by atoms with Gasteiger partial charge in [0.15, 0.2) is 5.75 Å². The molecule has 3 N–H and O–H groups in total. The Morgan fingerprint density at radius 1 is 1.23 bits per heavy atom. The summed E-state index contributed by atoms with van der Waals surface area (Å²) >= 11 is 0. The number of aromatic nitrogens is 1. The molecule has 0 spiro atoms. The number of rotatable bonds is 3. The van der Waals surface area contributed by atoms with Crippen molar-refractivity contribution in [3.8, 4) is 11.8 Å².